The molecule has 4 fully saturated rings. The Morgan fingerprint density at radius 3 is 1.30 bits per heavy atom. The van der Waals surface area contributed by atoms with Gasteiger partial charge in [0.15, 0.2) is 0 Å². The molecule has 2 spiro atoms. The molecule has 0 aromatic carbocycles. The first-order chi connectivity index (χ1) is 13.7. The predicted molar refractivity (Wildman–Crippen MR) is 106 cm³/mol. The Morgan fingerprint density at radius 1 is 0.700 bits per heavy atom. The summed E-state index contributed by atoms with van der Waals surface area (Å²) in [6.07, 6.45) is 0.642. The molecule has 4 rings (SSSR count). The van der Waals surface area contributed by atoms with Gasteiger partial charge in [0.05, 0.1) is 12.2 Å². The summed E-state index contributed by atoms with van der Waals surface area (Å²) in [6, 6.07) is 0. The summed E-state index contributed by atoms with van der Waals surface area (Å²) in [4.78, 5) is 22.3. The minimum atomic E-state index is -0.933. The first-order valence-electron chi connectivity index (χ1n) is 10.9. The van der Waals surface area contributed by atoms with Crippen LogP contribution in [0.5, 0.6) is 0 Å². The molecule has 2 aliphatic heterocycles. The van der Waals surface area contributed by atoms with Crippen molar-refractivity contribution < 1.29 is 39.5 Å². The van der Waals surface area contributed by atoms with Gasteiger partial charge in [-0.05, 0) is 36.5 Å². The highest BCUT2D eigenvalue weighted by atomic mass is 16.6. The molecule has 172 valence electrons. The lowest BCUT2D eigenvalue weighted by Gasteiger charge is -2.47. The van der Waals surface area contributed by atoms with Crippen LogP contribution >= 0.6 is 0 Å². The lowest BCUT2D eigenvalue weighted by atomic mass is 9.66. The van der Waals surface area contributed by atoms with Crippen LogP contribution in [0.2, 0.25) is 0 Å². The van der Waals surface area contributed by atoms with Gasteiger partial charge in [0.25, 0.3) is 0 Å². The molecule has 0 aromatic heterocycles. The van der Waals surface area contributed by atoms with Gasteiger partial charge in [-0.3, -0.25) is 9.59 Å². The molecule has 4 N–H and O–H groups in total. The molecule has 4 aliphatic rings. The zero-order valence-corrected chi connectivity index (χ0v) is 18.4. The molecule has 8 nitrogen and oxygen atoms in total. The van der Waals surface area contributed by atoms with Crippen molar-refractivity contribution in [1.29, 1.82) is 0 Å². The SMILES string of the molecule is CC1(C)C[C@@H](O)[C@@H](O)[C@@]2(CCC(=O)O2)C1.CC1(C)C[C@@H](O)[C@@H](O)[C@@]2(CCC(=O)O2)C1. The Bertz CT molecular complexity index is 631. The number of ether oxygens (including phenoxy) is 2. The smallest absolute Gasteiger partial charge is 0.306 e. The van der Waals surface area contributed by atoms with E-state index in [1.165, 1.54) is 0 Å². The van der Waals surface area contributed by atoms with Crippen molar-refractivity contribution in [3.8, 4) is 0 Å². The normalized spacial score (nSPS) is 44.4. The van der Waals surface area contributed by atoms with E-state index in [-0.39, 0.29) is 22.8 Å². The maximum absolute atomic E-state index is 11.2. The van der Waals surface area contributed by atoms with Gasteiger partial charge in [0.1, 0.15) is 23.4 Å². The third-order valence-electron chi connectivity index (χ3n) is 7.02. The van der Waals surface area contributed by atoms with Crippen LogP contribution in [0.1, 0.15) is 79.1 Å². The highest BCUT2D eigenvalue weighted by Crippen LogP contribution is 2.49. The molecule has 0 radical (unpaired) electrons. The molecule has 0 aromatic rings. The van der Waals surface area contributed by atoms with Crippen molar-refractivity contribution in [3.05, 3.63) is 0 Å². The summed E-state index contributed by atoms with van der Waals surface area (Å²) < 4.78 is 10.5. The van der Waals surface area contributed by atoms with E-state index < -0.39 is 35.6 Å². The third-order valence-corrected chi connectivity index (χ3v) is 7.02. The van der Waals surface area contributed by atoms with Crippen molar-refractivity contribution in [1.82, 2.24) is 0 Å². The number of aliphatic hydroxyl groups excluding tert-OH is 4. The zero-order chi connectivity index (χ0) is 22.5. The monoisotopic (exact) mass is 428 g/mol. The molecular formula is C22H36O8. The lowest BCUT2D eigenvalue weighted by Crippen LogP contribution is -2.56. The quantitative estimate of drug-likeness (QED) is 0.423. The van der Waals surface area contributed by atoms with Crippen LogP contribution in [0.25, 0.3) is 0 Å². The van der Waals surface area contributed by atoms with Crippen LogP contribution in [0, 0.1) is 10.8 Å². The molecule has 30 heavy (non-hydrogen) atoms. The van der Waals surface area contributed by atoms with Gasteiger partial charge in [-0.25, -0.2) is 0 Å². The van der Waals surface area contributed by atoms with Gasteiger partial charge in [0.2, 0.25) is 0 Å². The third kappa shape index (κ3) is 4.52. The first kappa shape index (κ1) is 23.4. The predicted octanol–water partition coefficient (Wildman–Crippen LogP) is 1.21. The first-order valence-corrected chi connectivity index (χ1v) is 10.9. The van der Waals surface area contributed by atoms with E-state index >= 15 is 0 Å². The summed E-state index contributed by atoms with van der Waals surface area (Å²) in [5.74, 6) is -0.530. The minimum absolute atomic E-state index is 0.0940. The average Bonchev–Trinajstić information content (AvgIpc) is 3.14. The van der Waals surface area contributed by atoms with Crippen LogP contribution < -0.4 is 0 Å². The second-order valence-electron chi connectivity index (χ2n) is 11.2. The summed E-state index contributed by atoms with van der Waals surface area (Å²) in [6.45, 7) is 8.10. The average molecular weight is 429 g/mol. The Hall–Kier alpha value is -1.22. The van der Waals surface area contributed by atoms with Crippen LogP contribution in [-0.2, 0) is 19.1 Å². The van der Waals surface area contributed by atoms with Crippen molar-refractivity contribution in [2.24, 2.45) is 10.8 Å². The number of carbonyl (C=O) groups is 2. The molecule has 0 amide bonds. The van der Waals surface area contributed by atoms with Crippen molar-refractivity contribution in [2.45, 2.75) is 115 Å². The van der Waals surface area contributed by atoms with E-state index in [1.54, 1.807) is 0 Å². The number of carbonyl (C=O) groups excluding carboxylic acids is 2. The number of rotatable bonds is 0. The molecule has 0 unspecified atom stereocenters. The van der Waals surface area contributed by atoms with Gasteiger partial charge >= 0.3 is 11.9 Å². The van der Waals surface area contributed by atoms with Crippen LogP contribution in [-0.4, -0.2) is 68.0 Å². The van der Waals surface area contributed by atoms with Crippen LogP contribution in [0.4, 0.5) is 0 Å². The van der Waals surface area contributed by atoms with E-state index in [2.05, 4.69) is 0 Å². The van der Waals surface area contributed by atoms with E-state index in [1.807, 2.05) is 27.7 Å². The van der Waals surface area contributed by atoms with E-state index in [9.17, 15) is 30.0 Å². The Balaban J connectivity index is 0.000000171. The van der Waals surface area contributed by atoms with Crippen LogP contribution in [0.15, 0.2) is 0 Å². The van der Waals surface area contributed by atoms with Crippen molar-refractivity contribution >= 4 is 11.9 Å². The van der Waals surface area contributed by atoms with E-state index in [4.69, 9.17) is 9.47 Å². The van der Waals surface area contributed by atoms with Crippen LogP contribution in [0.3, 0.4) is 0 Å². The molecule has 2 heterocycles. The Labute approximate surface area is 177 Å². The number of aliphatic hydroxyl groups is 4. The molecule has 2 saturated carbocycles. The molecule has 2 aliphatic carbocycles. The van der Waals surface area contributed by atoms with Gasteiger partial charge in [0, 0.05) is 25.7 Å². The Morgan fingerprint density at radius 2 is 1.03 bits per heavy atom. The van der Waals surface area contributed by atoms with Crippen molar-refractivity contribution in [3.63, 3.8) is 0 Å². The number of hydrogen-bond acceptors (Lipinski definition) is 8. The van der Waals surface area contributed by atoms with Gasteiger partial charge in [-0.1, -0.05) is 27.7 Å². The topological polar surface area (TPSA) is 134 Å². The highest BCUT2D eigenvalue weighted by Gasteiger charge is 2.56. The van der Waals surface area contributed by atoms with Gasteiger partial charge in [-0.15, -0.1) is 0 Å². The lowest BCUT2D eigenvalue weighted by molar-refractivity contribution is -0.193. The Kier molecular flexibility index (Phi) is 6.04. The fourth-order valence-electron chi connectivity index (χ4n) is 5.98. The van der Waals surface area contributed by atoms with Gasteiger partial charge < -0.3 is 29.9 Å². The molecule has 2 saturated heterocycles. The minimum Gasteiger partial charge on any atom is -0.456 e. The molecule has 8 heteroatoms. The van der Waals surface area contributed by atoms with Crippen molar-refractivity contribution in [2.75, 3.05) is 0 Å². The summed E-state index contributed by atoms with van der Waals surface area (Å²) in [5.41, 5.74) is -1.86. The maximum Gasteiger partial charge on any atom is 0.306 e. The standard InChI is InChI=1S/2C11H18O4/c2*1-10(2)5-7(12)9(14)11(6-10)4-3-8(13)15-11/h2*7,9,12,14H,3-6H2,1-2H3/t2*7-,9-,11-/m11/s1. The second-order valence-corrected chi connectivity index (χ2v) is 11.2. The van der Waals surface area contributed by atoms with E-state index in [0.717, 1.165) is 0 Å². The summed E-state index contributed by atoms with van der Waals surface area (Å²) in [5, 5.41) is 39.5. The largest absolute Gasteiger partial charge is 0.456 e. The number of hydrogen-bond donors (Lipinski definition) is 4. The van der Waals surface area contributed by atoms with Gasteiger partial charge in [-0.2, -0.15) is 0 Å². The maximum atomic E-state index is 11.2. The number of esters is 2. The fourth-order valence-corrected chi connectivity index (χ4v) is 5.98. The summed E-state index contributed by atoms with van der Waals surface area (Å²) in [7, 11) is 0. The highest BCUT2D eigenvalue weighted by molar-refractivity contribution is 5.73. The fraction of sp³-hybridized carbons (Fsp3) is 0.909. The molecule has 0 bridgehead atoms. The second kappa shape index (κ2) is 7.73. The molecule has 6 atom stereocenters. The van der Waals surface area contributed by atoms with E-state index in [0.29, 0.717) is 51.4 Å². The molecular weight excluding hydrogens is 392 g/mol. The zero-order valence-electron chi connectivity index (χ0n) is 18.4. The summed E-state index contributed by atoms with van der Waals surface area (Å²) >= 11 is 0.